The first kappa shape index (κ1) is 20.1. The topological polar surface area (TPSA) is 78.6 Å². The molecule has 1 aliphatic rings. The number of likely N-dealkylation sites (tertiary alicyclic amines) is 1. The van der Waals surface area contributed by atoms with Crippen LogP contribution in [0.15, 0.2) is 41.1 Å². The molecule has 2 aromatic heterocycles. The summed E-state index contributed by atoms with van der Waals surface area (Å²) >= 11 is 0. The summed E-state index contributed by atoms with van der Waals surface area (Å²) in [6.45, 7) is 5.71. The van der Waals surface area contributed by atoms with Crippen LogP contribution in [0, 0.1) is 11.8 Å². The van der Waals surface area contributed by atoms with Gasteiger partial charge in [-0.3, -0.25) is 14.7 Å². The highest BCUT2D eigenvalue weighted by Gasteiger charge is 2.23. The normalized spacial score (nSPS) is 16.1. The van der Waals surface area contributed by atoms with E-state index in [1.165, 1.54) is 19.3 Å². The van der Waals surface area contributed by atoms with Crippen molar-refractivity contribution < 1.29 is 14.3 Å². The standard InChI is InChI=1S/C22H27N3O3/c1-22(2,27)11-10-18-8-9-20(28-18)21(26)24-16-19(17-7-6-12-23-15-17)25-13-4-3-5-14-25/h6-9,12,15,19,27H,3-5,13-14,16H2,1-2H3,(H,24,26). The first-order valence-corrected chi connectivity index (χ1v) is 9.70. The van der Waals surface area contributed by atoms with E-state index in [2.05, 4.69) is 33.1 Å². The molecule has 1 fully saturated rings. The summed E-state index contributed by atoms with van der Waals surface area (Å²) in [5.41, 5.74) is -0.0125. The van der Waals surface area contributed by atoms with Crippen molar-refractivity contribution in [1.29, 1.82) is 0 Å². The highest BCUT2D eigenvalue weighted by molar-refractivity contribution is 5.91. The van der Waals surface area contributed by atoms with E-state index in [0.29, 0.717) is 12.3 Å². The Labute approximate surface area is 166 Å². The molecule has 2 aromatic rings. The maximum atomic E-state index is 12.5. The van der Waals surface area contributed by atoms with Gasteiger partial charge in [-0.15, -0.1) is 0 Å². The van der Waals surface area contributed by atoms with E-state index in [-0.39, 0.29) is 17.7 Å². The molecule has 0 radical (unpaired) electrons. The zero-order chi connectivity index (χ0) is 20.0. The molecule has 3 heterocycles. The molecule has 28 heavy (non-hydrogen) atoms. The Morgan fingerprint density at radius 2 is 2.11 bits per heavy atom. The van der Waals surface area contributed by atoms with Crippen LogP contribution in [0.1, 0.15) is 61.0 Å². The van der Waals surface area contributed by atoms with Crippen LogP contribution in [0.25, 0.3) is 0 Å². The highest BCUT2D eigenvalue weighted by Crippen LogP contribution is 2.23. The monoisotopic (exact) mass is 381 g/mol. The van der Waals surface area contributed by atoms with Crippen molar-refractivity contribution in [2.24, 2.45) is 0 Å². The number of furan rings is 1. The zero-order valence-electron chi connectivity index (χ0n) is 16.4. The smallest absolute Gasteiger partial charge is 0.287 e. The highest BCUT2D eigenvalue weighted by atomic mass is 16.3. The quantitative estimate of drug-likeness (QED) is 0.779. The van der Waals surface area contributed by atoms with Crippen LogP contribution < -0.4 is 5.32 Å². The summed E-state index contributed by atoms with van der Waals surface area (Å²) in [7, 11) is 0. The van der Waals surface area contributed by atoms with Gasteiger partial charge in [0.05, 0.1) is 6.04 Å². The van der Waals surface area contributed by atoms with Crippen LogP contribution in [-0.4, -0.2) is 46.1 Å². The van der Waals surface area contributed by atoms with Crippen LogP contribution in [0.3, 0.4) is 0 Å². The number of nitrogens with one attached hydrogen (secondary N) is 1. The molecular formula is C22H27N3O3. The minimum atomic E-state index is -1.11. The molecule has 148 valence electrons. The van der Waals surface area contributed by atoms with E-state index in [9.17, 15) is 9.90 Å². The second-order valence-electron chi connectivity index (χ2n) is 7.58. The van der Waals surface area contributed by atoms with Gasteiger partial charge in [-0.1, -0.05) is 18.4 Å². The van der Waals surface area contributed by atoms with E-state index in [1.807, 2.05) is 12.3 Å². The van der Waals surface area contributed by atoms with Crippen molar-refractivity contribution in [2.45, 2.75) is 44.8 Å². The van der Waals surface area contributed by atoms with Crippen LogP contribution in [0.2, 0.25) is 0 Å². The SMILES string of the molecule is CC(C)(O)C#Cc1ccc(C(=O)NCC(c2cccnc2)N2CCCCC2)o1. The van der Waals surface area contributed by atoms with Gasteiger partial charge < -0.3 is 14.8 Å². The summed E-state index contributed by atoms with van der Waals surface area (Å²) in [6.07, 6.45) is 7.22. The van der Waals surface area contributed by atoms with Crippen molar-refractivity contribution in [3.05, 3.63) is 53.7 Å². The average molecular weight is 381 g/mol. The van der Waals surface area contributed by atoms with Gasteiger partial charge in [0.15, 0.2) is 11.5 Å². The molecule has 6 nitrogen and oxygen atoms in total. The molecule has 0 aromatic carbocycles. The van der Waals surface area contributed by atoms with Gasteiger partial charge >= 0.3 is 0 Å². The first-order chi connectivity index (χ1) is 13.4. The number of nitrogens with zero attached hydrogens (tertiary/aromatic N) is 2. The van der Waals surface area contributed by atoms with Gasteiger partial charge in [-0.25, -0.2) is 0 Å². The first-order valence-electron chi connectivity index (χ1n) is 9.70. The number of amides is 1. The van der Waals surface area contributed by atoms with Crippen molar-refractivity contribution in [1.82, 2.24) is 15.2 Å². The Morgan fingerprint density at radius 1 is 1.32 bits per heavy atom. The maximum absolute atomic E-state index is 12.5. The van der Waals surface area contributed by atoms with E-state index in [0.717, 1.165) is 18.7 Å². The van der Waals surface area contributed by atoms with Crippen LogP contribution in [0.5, 0.6) is 0 Å². The summed E-state index contributed by atoms with van der Waals surface area (Å²) < 4.78 is 5.50. The Bertz CT molecular complexity index is 837. The second kappa shape index (κ2) is 9.05. The lowest BCUT2D eigenvalue weighted by Gasteiger charge is -2.34. The van der Waals surface area contributed by atoms with Gasteiger partial charge in [0.1, 0.15) is 5.60 Å². The lowest BCUT2D eigenvalue weighted by Crippen LogP contribution is -2.40. The molecule has 1 atom stereocenters. The molecule has 1 unspecified atom stereocenters. The van der Waals surface area contributed by atoms with Crippen LogP contribution in [0.4, 0.5) is 0 Å². The number of carbonyl (C=O) groups is 1. The van der Waals surface area contributed by atoms with Gasteiger partial charge in [-0.05, 0) is 69.5 Å². The van der Waals surface area contributed by atoms with Gasteiger partial charge in [0.2, 0.25) is 0 Å². The van der Waals surface area contributed by atoms with E-state index in [1.54, 1.807) is 32.2 Å². The number of piperidine rings is 1. The Morgan fingerprint density at radius 3 is 2.79 bits per heavy atom. The Hall–Kier alpha value is -2.62. The summed E-state index contributed by atoms with van der Waals surface area (Å²) in [5, 5.41) is 12.6. The van der Waals surface area contributed by atoms with Gasteiger partial charge in [0, 0.05) is 18.9 Å². The Kier molecular flexibility index (Phi) is 6.50. The summed E-state index contributed by atoms with van der Waals surface area (Å²) in [4.78, 5) is 19.2. The van der Waals surface area contributed by atoms with Crippen LogP contribution >= 0.6 is 0 Å². The minimum Gasteiger partial charge on any atom is -0.443 e. The molecule has 1 amide bonds. The van der Waals surface area contributed by atoms with Crippen molar-refractivity contribution in [3.63, 3.8) is 0 Å². The number of aliphatic hydroxyl groups is 1. The van der Waals surface area contributed by atoms with Crippen molar-refractivity contribution >= 4 is 5.91 Å². The minimum absolute atomic E-state index is 0.0855. The molecule has 3 rings (SSSR count). The Balaban J connectivity index is 1.66. The molecule has 0 aliphatic carbocycles. The number of carbonyl (C=O) groups excluding carboxylic acids is 1. The molecule has 1 aliphatic heterocycles. The maximum Gasteiger partial charge on any atom is 0.287 e. The van der Waals surface area contributed by atoms with Crippen LogP contribution in [-0.2, 0) is 0 Å². The largest absolute Gasteiger partial charge is 0.443 e. The van der Waals surface area contributed by atoms with Gasteiger partial charge in [-0.2, -0.15) is 0 Å². The number of hydrogen-bond donors (Lipinski definition) is 2. The fourth-order valence-electron chi connectivity index (χ4n) is 3.28. The fraction of sp³-hybridized carbons (Fsp3) is 0.455. The lowest BCUT2D eigenvalue weighted by atomic mass is 10.0. The lowest BCUT2D eigenvalue weighted by molar-refractivity contribution is 0.0896. The zero-order valence-corrected chi connectivity index (χ0v) is 16.4. The molecule has 6 heteroatoms. The number of pyridine rings is 1. The molecule has 1 saturated heterocycles. The number of rotatable bonds is 5. The third-order valence-corrected chi connectivity index (χ3v) is 4.68. The van der Waals surface area contributed by atoms with E-state index >= 15 is 0 Å². The molecule has 0 bridgehead atoms. The van der Waals surface area contributed by atoms with Gasteiger partial charge in [0.25, 0.3) is 5.91 Å². The predicted octanol–water partition coefficient (Wildman–Crippen LogP) is 2.75. The second-order valence-corrected chi connectivity index (χ2v) is 7.58. The van der Waals surface area contributed by atoms with Crippen molar-refractivity contribution in [3.8, 4) is 11.8 Å². The van der Waals surface area contributed by atoms with E-state index in [4.69, 9.17) is 4.42 Å². The number of hydrogen-bond acceptors (Lipinski definition) is 5. The number of aromatic nitrogens is 1. The summed E-state index contributed by atoms with van der Waals surface area (Å²) in [5.74, 6) is 5.70. The fourth-order valence-corrected chi connectivity index (χ4v) is 3.28. The molecule has 2 N–H and O–H groups in total. The third-order valence-electron chi connectivity index (χ3n) is 4.68. The van der Waals surface area contributed by atoms with Crippen molar-refractivity contribution in [2.75, 3.05) is 19.6 Å². The summed E-state index contributed by atoms with van der Waals surface area (Å²) in [6, 6.07) is 7.30. The molecule has 0 saturated carbocycles. The average Bonchev–Trinajstić information content (AvgIpc) is 3.17. The van der Waals surface area contributed by atoms with E-state index < -0.39 is 5.60 Å². The molecule has 0 spiro atoms. The predicted molar refractivity (Wildman–Crippen MR) is 107 cm³/mol. The molecular weight excluding hydrogens is 354 g/mol. The third kappa shape index (κ3) is 5.69.